The predicted octanol–water partition coefficient (Wildman–Crippen LogP) is 2.58. The molecule has 0 saturated carbocycles. The maximum absolute atomic E-state index is 12.9. The monoisotopic (exact) mass is 266 g/mol. The van der Waals surface area contributed by atoms with Crippen LogP contribution in [0.1, 0.15) is 12.8 Å². The number of piperidine rings is 1. The van der Waals surface area contributed by atoms with E-state index in [1.165, 1.54) is 6.07 Å². The number of halogens is 2. The normalized spacial score (nSPS) is 17.1. The van der Waals surface area contributed by atoms with E-state index in [-0.39, 0.29) is 5.92 Å². The maximum Gasteiger partial charge on any atom is 0.162 e. The van der Waals surface area contributed by atoms with Crippen LogP contribution in [0, 0.1) is 28.9 Å². The van der Waals surface area contributed by atoms with Crippen LogP contribution in [-0.4, -0.2) is 31.1 Å². The highest BCUT2D eigenvalue weighted by Gasteiger charge is 2.18. The summed E-state index contributed by atoms with van der Waals surface area (Å²) < 4.78 is 31.0. The molecule has 102 valence electrons. The molecule has 0 radical (unpaired) electrons. The first kappa shape index (κ1) is 13.8. The third kappa shape index (κ3) is 3.90. The number of hydrogen-bond donors (Lipinski definition) is 0. The molecule has 5 heteroatoms. The number of hydrogen-bond acceptors (Lipinski definition) is 3. The van der Waals surface area contributed by atoms with Crippen LogP contribution in [-0.2, 0) is 0 Å². The van der Waals surface area contributed by atoms with Crippen LogP contribution in [0.5, 0.6) is 5.75 Å². The minimum absolute atomic E-state index is 0.170. The molecule has 1 saturated heterocycles. The van der Waals surface area contributed by atoms with Crippen molar-refractivity contribution in [2.24, 2.45) is 5.92 Å². The van der Waals surface area contributed by atoms with Gasteiger partial charge in [0.25, 0.3) is 0 Å². The molecule has 0 spiro atoms. The van der Waals surface area contributed by atoms with Crippen molar-refractivity contribution < 1.29 is 13.5 Å². The first-order chi connectivity index (χ1) is 9.19. The number of benzene rings is 1. The molecule has 19 heavy (non-hydrogen) atoms. The van der Waals surface area contributed by atoms with Crippen LogP contribution in [0.2, 0.25) is 0 Å². The van der Waals surface area contributed by atoms with E-state index in [9.17, 15) is 8.78 Å². The lowest BCUT2D eigenvalue weighted by atomic mass is 9.99. The summed E-state index contributed by atoms with van der Waals surface area (Å²) in [5, 5.41) is 8.79. The third-order valence-electron chi connectivity index (χ3n) is 3.34. The fourth-order valence-corrected chi connectivity index (χ4v) is 2.14. The highest BCUT2D eigenvalue weighted by atomic mass is 19.2. The summed E-state index contributed by atoms with van der Waals surface area (Å²) in [7, 11) is 0. The van der Waals surface area contributed by atoms with E-state index in [0.29, 0.717) is 12.4 Å². The van der Waals surface area contributed by atoms with Crippen LogP contribution in [0.15, 0.2) is 18.2 Å². The maximum atomic E-state index is 12.9. The Morgan fingerprint density at radius 1 is 1.26 bits per heavy atom. The smallest absolute Gasteiger partial charge is 0.162 e. The van der Waals surface area contributed by atoms with Gasteiger partial charge >= 0.3 is 0 Å². The highest BCUT2D eigenvalue weighted by Crippen LogP contribution is 2.17. The first-order valence-corrected chi connectivity index (χ1v) is 6.39. The molecule has 1 aromatic rings. The summed E-state index contributed by atoms with van der Waals surface area (Å²) in [4.78, 5) is 2.22. The number of nitriles is 1. The van der Waals surface area contributed by atoms with Gasteiger partial charge in [0, 0.05) is 18.5 Å². The summed E-state index contributed by atoms with van der Waals surface area (Å²) in [5.41, 5.74) is 0. The van der Waals surface area contributed by atoms with E-state index < -0.39 is 11.6 Å². The minimum atomic E-state index is -0.896. The summed E-state index contributed by atoms with van der Waals surface area (Å²) >= 11 is 0. The van der Waals surface area contributed by atoms with Gasteiger partial charge in [0.2, 0.25) is 0 Å². The molecular formula is C14H16F2N2O. The molecule has 1 aliphatic heterocycles. The molecule has 0 aliphatic carbocycles. The van der Waals surface area contributed by atoms with E-state index in [2.05, 4.69) is 11.0 Å². The lowest BCUT2D eigenvalue weighted by molar-refractivity contribution is 0.169. The Labute approximate surface area is 111 Å². The molecule has 2 rings (SSSR count). The zero-order valence-corrected chi connectivity index (χ0v) is 10.6. The number of rotatable bonds is 4. The first-order valence-electron chi connectivity index (χ1n) is 6.39. The second-order valence-corrected chi connectivity index (χ2v) is 4.67. The summed E-state index contributed by atoms with van der Waals surface area (Å²) in [6, 6.07) is 5.81. The average Bonchev–Trinajstić information content (AvgIpc) is 2.43. The SMILES string of the molecule is N#CC1CCN(CCOc2ccc(F)c(F)c2)CC1. The van der Waals surface area contributed by atoms with Crippen molar-refractivity contribution in [2.75, 3.05) is 26.2 Å². The second kappa shape index (κ2) is 6.48. The minimum Gasteiger partial charge on any atom is -0.492 e. The van der Waals surface area contributed by atoms with E-state index in [4.69, 9.17) is 10.00 Å². The van der Waals surface area contributed by atoms with Gasteiger partial charge in [-0.25, -0.2) is 8.78 Å². The van der Waals surface area contributed by atoms with Gasteiger partial charge < -0.3 is 4.74 Å². The Hall–Kier alpha value is -1.67. The van der Waals surface area contributed by atoms with Crippen LogP contribution >= 0.6 is 0 Å². The Morgan fingerprint density at radius 3 is 2.63 bits per heavy atom. The Morgan fingerprint density at radius 2 is 2.00 bits per heavy atom. The second-order valence-electron chi connectivity index (χ2n) is 4.67. The zero-order valence-electron chi connectivity index (χ0n) is 10.6. The van der Waals surface area contributed by atoms with Crippen molar-refractivity contribution in [1.29, 1.82) is 5.26 Å². The van der Waals surface area contributed by atoms with E-state index in [0.717, 1.165) is 44.6 Å². The van der Waals surface area contributed by atoms with Gasteiger partial charge in [-0.15, -0.1) is 0 Å². The van der Waals surface area contributed by atoms with Crippen LogP contribution < -0.4 is 4.74 Å². The molecule has 0 atom stereocenters. The summed E-state index contributed by atoms with van der Waals surface area (Å²) in [6.07, 6.45) is 1.78. The topological polar surface area (TPSA) is 36.3 Å². The van der Waals surface area contributed by atoms with Crippen molar-refractivity contribution in [1.82, 2.24) is 4.90 Å². The van der Waals surface area contributed by atoms with E-state index in [1.807, 2.05) is 0 Å². The lowest BCUT2D eigenvalue weighted by Gasteiger charge is -2.28. The Kier molecular flexibility index (Phi) is 4.69. The van der Waals surface area contributed by atoms with Gasteiger partial charge in [-0.2, -0.15) is 5.26 Å². The molecule has 1 heterocycles. The zero-order chi connectivity index (χ0) is 13.7. The molecule has 0 unspecified atom stereocenters. The highest BCUT2D eigenvalue weighted by molar-refractivity contribution is 5.23. The average molecular weight is 266 g/mol. The van der Waals surface area contributed by atoms with E-state index in [1.54, 1.807) is 0 Å². The van der Waals surface area contributed by atoms with Gasteiger partial charge in [0.1, 0.15) is 12.4 Å². The van der Waals surface area contributed by atoms with Gasteiger partial charge in [-0.3, -0.25) is 4.90 Å². The largest absolute Gasteiger partial charge is 0.492 e. The molecule has 0 aromatic heterocycles. The van der Waals surface area contributed by atoms with Gasteiger partial charge in [0.15, 0.2) is 11.6 Å². The molecular weight excluding hydrogens is 250 g/mol. The molecule has 1 fully saturated rings. The summed E-state index contributed by atoms with van der Waals surface area (Å²) in [6.45, 7) is 2.94. The fraction of sp³-hybridized carbons (Fsp3) is 0.500. The molecule has 0 amide bonds. The molecule has 3 nitrogen and oxygen atoms in total. The van der Waals surface area contributed by atoms with Crippen LogP contribution in [0.25, 0.3) is 0 Å². The van der Waals surface area contributed by atoms with Crippen molar-refractivity contribution >= 4 is 0 Å². The summed E-state index contributed by atoms with van der Waals surface area (Å²) in [5.74, 6) is -1.26. The van der Waals surface area contributed by atoms with Crippen molar-refractivity contribution in [3.8, 4) is 11.8 Å². The Bertz CT molecular complexity index is 465. The molecule has 1 aliphatic rings. The molecule has 1 aromatic carbocycles. The van der Waals surface area contributed by atoms with Crippen molar-refractivity contribution in [3.05, 3.63) is 29.8 Å². The number of nitrogens with zero attached hydrogens (tertiary/aromatic N) is 2. The molecule has 0 bridgehead atoms. The van der Waals surface area contributed by atoms with Gasteiger partial charge in [-0.05, 0) is 38.1 Å². The van der Waals surface area contributed by atoms with E-state index >= 15 is 0 Å². The van der Waals surface area contributed by atoms with Gasteiger partial charge in [0.05, 0.1) is 6.07 Å². The Balaban J connectivity index is 1.72. The van der Waals surface area contributed by atoms with Gasteiger partial charge in [-0.1, -0.05) is 0 Å². The number of likely N-dealkylation sites (tertiary alicyclic amines) is 1. The fourth-order valence-electron chi connectivity index (χ4n) is 2.14. The predicted molar refractivity (Wildman–Crippen MR) is 66.6 cm³/mol. The molecule has 0 N–H and O–H groups in total. The van der Waals surface area contributed by atoms with Crippen LogP contribution in [0.4, 0.5) is 8.78 Å². The van der Waals surface area contributed by atoms with Crippen molar-refractivity contribution in [3.63, 3.8) is 0 Å². The van der Waals surface area contributed by atoms with Crippen LogP contribution in [0.3, 0.4) is 0 Å². The van der Waals surface area contributed by atoms with Crippen molar-refractivity contribution in [2.45, 2.75) is 12.8 Å². The third-order valence-corrected chi connectivity index (χ3v) is 3.34. The number of ether oxygens (including phenoxy) is 1. The quantitative estimate of drug-likeness (QED) is 0.840. The lowest BCUT2D eigenvalue weighted by Crippen LogP contribution is -2.36. The standard InChI is InChI=1S/C14H16F2N2O/c15-13-2-1-12(9-14(13)16)19-8-7-18-5-3-11(10-17)4-6-18/h1-2,9,11H,3-8H2.